The van der Waals surface area contributed by atoms with Crippen LogP contribution in [0.15, 0.2) is 18.2 Å². The Balaban J connectivity index is 1.76. The summed E-state index contributed by atoms with van der Waals surface area (Å²) in [7, 11) is 1.64. The van der Waals surface area contributed by atoms with Crippen LogP contribution in [0.5, 0.6) is 11.5 Å². The second-order valence-corrected chi connectivity index (χ2v) is 7.36. The summed E-state index contributed by atoms with van der Waals surface area (Å²) in [6.45, 7) is 4.20. The summed E-state index contributed by atoms with van der Waals surface area (Å²) in [6.07, 6.45) is 3.29. The number of phenolic OH excluding ortho intramolecular Hbond substituents is 1. The van der Waals surface area contributed by atoms with Crippen LogP contribution < -0.4 is 4.74 Å². The predicted octanol–water partition coefficient (Wildman–Crippen LogP) is 3.68. The normalized spacial score (nSPS) is 20.2. The molecule has 4 rings (SSSR count). The van der Waals surface area contributed by atoms with Gasteiger partial charge >= 0.3 is 0 Å². The van der Waals surface area contributed by atoms with Crippen molar-refractivity contribution in [1.29, 1.82) is 0 Å². The number of fused-ring (bicyclic) bond motifs is 4. The summed E-state index contributed by atoms with van der Waals surface area (Å²) in [6, 6.07) is 6.73. The molecule has 1 N–H and O–H groups in total. The van der Waals surface area contributed by atoms with Gasteiger partial charge in [-0.2, -0.15) is 0 Å². The van der Waals surface area contributed by atoms with E-state index in [1.807, 2.05) is 11.3 Å². The Hall–Kier alpha value is -1.52. The molecular weight excluding hydrogens is 294 g/mol. The van der Waals surface area contributed by atoms with Crippen LogP contribution in [0.3, 0.4) is 0 Å². The molecule has 0 radical (unpaired) electrons. The topological polar surface area (TPSA) is 32.7 Å². The number of phenols is 1. The van der Waals surface area contributed by atoms with E-state index in [9.17, 15) is 5.11 Å². The number of benzene rings is 1. The summed E-state index contributed by atoms with van der Waals surface area (Å²) >= 11 is 1.99. The van der Waals surface area contributed by atoms with Crippen molar-refractivity contribution in [1.82, 2.24) is 4.90 Å². The highest BCUT2D eigenvalue weighted by molar-refractivity contribution is 7.12. The minimum absolute atomic E-state index is 0.251. The van der Waals surface area contributed by atoms with Crippen LogP contribution in [-0.4, -0.2) is 23.7 Å². The molecule has 0 aliphatic carbocycles. The second kappa shape index (κ2) is 5.28. The Morgan fingerprint density at radius 3 is 3.05 bits per heavy atom. The van der Waals surface area contributed by atoms with E-state index in [2.05, 4.69) is 24.0 Å². The molecule has 0 saturated heterocycles. The Morgan fingerprint density at radius 1 is 1.41 bits per heavy atom. The van der Waals surface area contributed by atoms with Crippen LogP contribution in [0, 0.1) is 0 Å². The zero-order chi connectivity index (χ0) is 15.3. The molecule has 2 aliphatic rings. The Morgan fingerprint density at radius 2 is 2.27 bits per heavy atom. The van der Waals surface area contributed by atoms with Crippen LogP contribution in [0.25, 0.3) is 0 Å². The number of hydrogen-bond acceptors (Lipinski definition) is 4. The third-order valence-electron chi connectivity index (χ3n) is 4.98. The molecule has 4 heteroatoms. The number of methoxy groups -OCH3 is 1. The largest absolute Gasteiger partial charge is 0.504 e. The number of ether oxygens (including phenoxy) is 1. The van der Waals surface area contributed by atoms with Crippen molar-refractivity contribution in [3.05, 3.63) is 44.6 Å². The number of nitrogens with zero attached hydrogens (tertiary/aromatic N) is 1. The smallest absolute Gasteiger partial charge is 0.165 e. The van der Waals surface area contributed by atoms with Gasteiger partial charge in [0, 0.05) is 34.4 Å². The highest BCUT2D eigenvalue weighted by Gasteiger charge is 2.34. The highest BCUT2D eigenvalue weighted by atomic mass is 32.1. The Labute approximate surface area is 135 Å². The molecule has 0 saturated carbocycles. The van der Waals surface area contributed by atoms with E-state index in [1.165, 1.54) is 16.0 Å². The molecule has 0 spiro atoms. The third kappa shape index (κ3) is 2.05. The first kappa shape index (κ1) is 14.1. The zero-order valence-electron chi connectivity index (χ0n) is 13.1. The first-order valence-corrected chi connectivity index (χ1v) is 8.76. The number of thiophene rings is 1. The number of rotatable bonds is 2. The monoisotopic (exact) mass is 315 g/mol. The molecule has 3 nitrogen and oxygen atoms in total. The number of aryl methyl sites for hydroxylation is 1. The SMILES string of the molecule is CCc1cc2c(s1)CCN1Cc3c(ccc(O)c3OC)CC21. The molecule has 116 valence electrons. The van der Waals surface area contributed by atoms with Crippen LogP contribution in [-0.2, 0) is 25.8 Å². The van der Waals surface area contributed by atoms with Gasteiger partial charge in [0.2, 0.25) is 0 Å². The Kier molecular flexibility index (Phi) is 3.39. The maximum Gasteiger partial charge on any atom is 0.165 e. The van der Waals surface area contributed by atoms with Crippen LogP contribution >= 0.6 is 11.3 Å². The summed E-state index contributed by atoms with van der Waals surface area (Å²) in [4.78, 5) is 5.62. The van der Waals surface area contributed by atoms with Crippen LogP contribution in [0.4, 0.5) is 0 Å². The van der Waals surface area contributed by atoms with Gasteiger partial charge in [0.25, 0.3) is 0 Å². The summed E-state index contributed by atoms with van der Waals surface area (Å²) < 4.78 is 5.44. The lowest BCUT2D eigenvalue weighted by Gasteiger charge is -2.40. The van der Waals surface area contributed by atoms with Gasteiger partial charge in [0.1, 0.15) is 0 Å². The summed E-state index contributed by atoms with van der Waals surface area (Å²) in [5, 5.41) is 10.0. The molecule has 0 amide bonds. The molecule has 1 unspecified atom stereocenters. The van der Waals surface area contributed by atoms with Gasteiger partial charge in [0.15, 0.2) is 11.5 Å². The molecule has 1 atom stereocenters. The van der Waals surface area contributed by atoms with Crippen molar-refractivity contribution >= 4 is 11.3 Å². The van der Waals surface area contributed by atoms with E-state index in [4.69, 9.17) is 4.74 Å². The first-order valence-electron chi connectivity index (χ1n) is 7.94. The van der Waals surface area contributed by atoms with Gasteiger partial charge in [-0.25, -0.2) is 0 Å². The highest BCUT2D eigenvalue weighted by Crippen LogP contribution is 2.45. The van der Waals surface area contributed by atoms with E-state index >= 15 is 0 Å². The van der Waals surface area contributed by atoms with Crippen molar-refractivity contribution in [3.63, 3.8) is 0 Å². The first-order chi connectivity index (χ1) is 10.7. The lowest BCUT2D eigenvalue weighted by Crippen LogP contribution is -2.38. The molecule has 0 bridgehead atoms. The van der Waals surface area contributed by atoms with Gasteiger partial charge in [-0.15, -0.1) is 11.3 Å². The molecule has 0 fully saturated rings. The van der Waals surface area contributed by atoms with Crippen molar-refractivity contribution in [2.45, 2.75) is 38.8 Å². The lowest BCUT2D eigenvalue weighted by atomic mass is 9.86. The average Bonchev–Trinajstić information content (AvgIpc) is 2.97. The molecule has 2 aliphatic heterocycles. The molecule has 1 aromatic carbocycles. The summed E-state index contributed by atoms with van der Waals surface area (Å²) in [5.41, 5.74) is 4.01. The average molecular weight is 315 g/mol. The van der Waals surface area contributed by atoms with Crippen molar-refractivity contribution < 1.29 is 9.84 Å². The second-order valence-electron chi connectivity index (χ2n) is 6.14. The lowest BCUT2D eigenvalue weighted by molar-refractivity contribution is 0.159. The van der Waals surface area contributed by atoms with Gasteiger partial charge in [-0.3, -0.25) is 4.90 Å². The van der Waals surface area contributed by atoms with Crippen LogP contribution in [0.2, 0.25) is 0 Å². The van der Waals surface area contributed by atoms with E-state index in [0.29, 0.717) is 11.8 Å². The maximum absolute atomic E-state index is 10.0. The van der Waals surface area contributed by atoms with Gasteiger partial charge in [0.05, 0.1) is 7.11 Å². The molecule has 2 aromatic rings. The van der Waals surface area contributed by atoms with Crippen molar-refractivity contribution in [2.24, 2.45) is 0 Å². The number of aromatic hydroxyl groups is 1. The standard InChI is InChI=1S/C18H21NO2S/c1-3-12-9-13-15-8-11-4-5-16(20)18(21-2)14(11)10-19(15)7-6-17(13)22-12/h4-5,9,15,20H,3,6-8,10H2,1-2H3. The summed E-state index contributed by atoms with van der Waals surface area (Å²) in [5.74, 6) is 0.905. The van der Waals surface area contributed by atoms with Gasteiger partial charge in [-0.05, 0) is 42.5 Å². The minimum atomic E-state index is 0.251. The Bertz CT molecular complexity index is 722. The predicted molar refractivity (Wildman–Crippen MR) is 88.9 cm³/mol. The van der Waals surface area contributed by atoms with E-state index in [0.717, 1.165) is 37.9 Å². The molecular formula is C18H21NO2S. The molecule has 1 aromatic heterocycles. The van der Waals surface area contributed by atoms with Crippen molar-refractivity contribution in [3.8, 4) is 11.5 Å². The van der Waals surface area contributed by atoms with Gasteiger partial charge in [-0.1, -0.05) is 13.0 Å². The third-order valence-corrected chi connectivity index (χ3v) is 6.34. The zero-order valence-corrected chi connectivity index (χ0v) is 13.9. The fourth-order valence-corrected chi connectivity index (χ4v) is 4.99. The van der Waals surface area contributed by atoms with E-state index in [-0.39, 0.29) is 5.75 Å². The maximum atomic E-state index is 10.0. The number of hydrogen-bond donors (Lipinski definition) is 1. The molecule has 3 heterocycles. The van der Waals surface area contributed by atoms with E-state index < -0.39 is 0 Å². The molecule has 22 heavy (non-hydrogen) atoms. The minimum Gasteiger partial charge on any atom is -0.504 e. The van der Waals surface area contributed by atoms with Crippen molar-refractivity contribution in [2.75, 3.05) is 13.7 Å². The van der Waals surface area contributed by atoms with E-state index in [1.54, 1.807) is 18.1 Å². The van der Waals surface area contributed by atoms with Gasteiger partial charge < -0.3 is 9.84 Å². The fourth-order valence-electron chi connectivity index (χ4n) is 3.84. The van der Waals surface area contributed by atoms with Crippen LogP contribution in [0.1, 0.15) is 39.4 Å². The fraction of sp³-hybridized carbons (Fsp3) is 0.444. The quantitative estimate of drug-likeness (QED) is 0.917.